The summed E-state index contributed by atoms with van der Waals surface area (Å²) in [5.74, 6) is 0.926. The molecule has 1 amide bonds. The Bertz CT molecular complexity index is 990. The minimum absolute atomic E-state index is 0.103. The Morgan fingerprint density at radius 3 is 2.67 bits per heavy atom. The first-order chi connectivity index (χ1) is 13.0. The van der Waals surface area contributed by atoms with Crippen molar-refractivity contribution in [1.29, 1.82) is 0 Å². The molecule has 6 nitrogen and oxygen atoms in total. The Labute approximate surface area is 158 Å². The summed E-state index contributed by atoms with van der Waals surface area (Å²) >= 11 is 0. The van der Waals surface area contributed by atoms with E-state index in [-0.39, 0.29) is 5.91 Å². The van der Waals surface area contributed by atoms with Crippen LogP contribution in [0.3, 0.4) is 0 Å². The summed E-state index contributed by atoms with van der Waals surface area (Å²) in [4.78, 5) is 17.8. The SMILES string of the molecule is CC(=O)N1CCc2c(c(Nc3ccc(-c4cnccc4C)cc3)nn2C)C1. The largest absolute Gasteiger partial charge is 0.338 e. The zero-order valence-electron chi connectivity index (χ0n) is 15.9. The lowest BCUT2D eigenvalue weighted by molar-refractivity contribution is -0.129. The molecule has 0 unspecified atom stereocenters. The number of hydrogen-bond donors (Lipinski definition) is 1. The van der Waals surface area contributed by atoms with Gasteiger partial charge in [-0.2, -0.15) is 5.10 Å². The standard InChI is InChI=1S/C21H23N5O/c1-14-8-10-22-12-18(14)16-4-6-17(7-5-16)23-21-19-13-26(15(2)27)11-9-20(19)25(3)24-21/h4-8,10,12H,9,11,13H2,1-3H3,(H,23,24). The van der Waals surface area contributed by atoms with E-state index in [9.17, 15) is 4.79 Å². The molecule has 138 valence electrons. The van der Waals surface area contributed by atoms with Crippen molar-refractivity contribution in [3.63, 3.8) is 0 Å². The van der Waals surface area contributed by atoms with Crippen molar-refractivity contribution in [3.8, 4) is 11.1 Å². The van der Waals surface area contributed by atoms with E-state index >= 15 is 0 Å². The molecule has 0 radical (unpaired) electrons. The fraction of sp³-hybridized carbons (Fsp3) is 0.286. The summed E-state index contributed by atoms with van der Waals surface area (Å²) in [5, 5.41) is 8.05. The smallest absolute Gasteiger partial charge is 0.219 e. The van der Waals surface area contributed by atoms with E-state index in [0.29, 0.717) is 6.54 Å². The van der Waals surface area contributed by atoms with Crippen LogP contribution in [0.4, 0.5) is 11.5 Å². The van der Waals surface area contributed by atoms with Gasteiger partial charge in [0.1, 0.15) is 0 Å². The molecule has 0 spiro atoms. The highest BCUT2D eigenvalue weighted by molar-refractivity contribution is 5.74. The van der Waals surface area contributed by atoms with Crippen molar-refractivity contribution < 1.29 is 4.79 Å². The summed E-state index contributed by atoms with van der Waals surface area (Å²) in [7, 11) is 1.96. The van der Waals surface area contributed by atoms with E-state index in [0.717, 1.165) is 41.2 Å². The topological polar surface area (TPSA) is 63.1 Å². The highest BCUT2D eigenvalue weighted by atomic mass is 16.2. The van der Waals surface area contributed by atoms with Gasteiger partial charge in [-0.1, -0.05) is 12.1 Å². The molecule has 1 aliphatic heterocycles. The second-order valence-corrected chi connectivity index (χ2v) is 6.98. The first-order valence-corrected chi connectivity index (χ1v) is 9.11. The fourth-order valence-electron chi connectivity index (χ4n) is 3.60. The Morgan fingerprint density at radius 1 is 1.19 bits per heavy atom. The third kappa shape index (κ3) is 3.30. The number of carbonyl (C=O) groups is 1. The predicted octanol–water partition coefficient (Wildman–Crippen LogP) is 3.44. The number of carbonyl (C=O) groups excluding carboxylic acids is 1. The van der Waals surface area contributed by atoms with Crippen molar-refractivity contribution in [1.82, 2.24) is 19.7 Å². The van der Waals surface area contributed by atoms with Crippen LogP contribution in [0, 0.1) is 6.92 Å². The number of amides is 1. The molecule has 0 bridgehead atoms. The van der Waals surface area contributed by atoms with Gasteiger partial charge in [-0.3, -0.25) is 14.5 Å². The van der Waals surface area contributed by atoms with Crippen LogP contribution in [-0.4, -0.2) is 32.1 Å². The van der Waals surface area contributed by atoms with E-state index < -0.39 is 0 Å². The van der Waals surface area contributed by atoms with Crippen LogP contribution >= 0.6 is 0 Å². The molecule has 0 aliphatic carbocycles. The monoisotopic (exact) mass is 361 g/mol. The van der Waals surface area contributed by atoms with E-state index in [4.69, 9.17) is 0 Å². The van der Waals surface area contributed by atoms with Crippen LogP contribution < -0.4 is 5.32 Å². The number of aryl methyl sites for hydroxylation is 2. The van der Waals surface area contributed by atoms with Gasteiger partial charge in [0.15, 0.2) is 5.82 Å². The molecule has 0 saturated carbocycles. The number of nitrogens with zero attached hydrogens (tertiary/aromatic N) is 4. The summed E-state index contributed by atoms with van der Waals surface area (Å²) < 4.78 is 1.92. The van der Waals surface area contributed by atoms with Gasteiger partial charge in [0.05, 0.1) is 6.54 Å². The van der Waals surface area contributed by atoms with E-state index in [1.807, 2.05) is 35.1 Å². The van der Waals surface area contributed by atoms with Crippen molar-refractivity contribution in [3.05, 3.63) is 59.5 Å². The minimum Gasteiger partial charge on any atom is -0.338 e. The molecule has 0 atom stereocenters. The molecule has 0 saturated heterocycles. The summed E-state index contributed by atoms with van der Waals surface area (Å²) in [5.41, 5.74) is 6.74. The molecule has 6 heteroatoms. The summed E-state index contributed by atoms with van der Waals surface area (Å²) in [6.45, 7) is 5.06. The van der Waals surface area contributed by atoms with Gasteiger partial charge in [-0.25, -0.2) is 0 Å². The normalized spacial score (nSPS) is 13.4. The van der Waals surface area contributed by atoms with Gasteiger partial charge in [-0.15, -0.1) is 0 Å². The third-order valence-corrected chi connectivity index (χ3v) is 5.19. The average Bonchev–Trinajstić information content (AvgIpc) is 2.98. The number of aromatic nitrogens is 3. The third-order valence-electron chi connectivity index (χ3n) is 5.19. The number of rotatable bonds is 3. The van der Waals surface area contributed by atoms with Gasteiger partial charge in [0.2, 0.25) is 5.91 Å². The maximum atomic E-state index is 11.8. The molecule has 3 aromatic rings. The number of pyridine rings is 1. The first kappa shape index (κ1) is 17.3. The molecule has 1 aromatic carbocycles. The van der Waals surface area contributed by atoms with Gasteiger partial charge in [0.25, 0.3) is 0 Å². The zero-order valence-corrected chi connectivity index (χ0v) is 15.9. The molecular weight excluding hydrogens is 338 g/mol. The van der Waals surface area contributed by atoms with Crippen molar-refractivity contribution in [2.45, 2.75) is 26.8 Å². The van der Waals surface area contributed by atoms with Crippen LogP contribution in [0.1, 0.15) is 23.7 Å². The molecule has 27 heavy (non-hydrogen) atoms. The Balaban J connectivity index is 1.59. The average molecular weight is 361 g/mol. The van der Waals surface area contributed by atoms with Crippen molar-refractivity contribution in [2.24, 2.45) is 7.05 Å². The Morgan fingerprint density at radius 2 is 1.96 bits per heavy atom. The lowest BCUT2D eigenvalue weighted by Crippen LogP contribution is -2.34. The van der Waals surface area contributed by atoms with Crippen molar-refractivity contribution in [2.75, 3.05) is 11.9 Å². The van der Waals surface area contributed by atoms with E-state index in [1.165, 1.54) is 11.3 Å². The Kier molecular flexibility index (Phi) is 4.39. The Hall–Kier alpha value is -3.15. The number of fused-ring (bicyclic) bond motifs is 1. The maximum Gasteiger partial charge on any atom is 0.219 e. The lowest BCUT2D eigenvalue weighted by atomic mass is 10.0. The van der Waals surface area contributed by atoms with Crippen LogP contribution in [0.5, 0.6) is 0 Å². The number of nitrogens with one attached hydrogen (secondary N) is 1. The molecular formula is C21H23N5O. The highest BCUT2D eigenvalue weighted by Crippen LogP contribution is 2.29. The quantitative estimate of drug-likeness (QED) is 0.776. The van der Waals surface area contributed by atoms with E-state index in [1.54, 1.807) is 6.92 Å². The van der Waals surface area contributed by atoms with Gasteiger partial charge < -0.3 is 10.2 Å². The number of benzene rings is 1. The second kappa shape index (κ2) is 6.87. The lowest BCUT2D eigenvalue weighted by Gasteiger charge is -2.26. The number of anilines is 2. The molecule has 2 aromatic heterocycles. The molecule has 1 aliphatic rings. The van der Waals surface area contributed by atoms with Gasteiger partial charge >= 0.3 is 0 Å². The maximum absolute atomic E-state index is 11.8. The minimum atomic E-state index is 0.103. The van der Waals surface area contributed by atoms with E-state index in [2.05, 4.69) is 46.6 Å². The van der Waals surface area contributed by atoms with Crippen LogP contribution in [0.2, 0.25) is 0 Å². The van der Waals surface area contributed by atoms with Gasteiger partial charge in [-0.05, 0) is 36.2 Å². The molecule has 0 fully saturated rings. The van der Waals surface area contributed by atoms with Crippen LogP contribution in [-0.2, 0) is 24.8 Å². The van der Waals surface area contributed by atoms with Crippen molar-refractivity contribution >= 4 is 17.4 Å². The predicted molar refractivity (Wildman–Crippen MR) is 106 cm³/mol. The van der Waals surface area contributed by atoms with Gasteiger partial charge in [0, 0.05) is 61.8 Å². The summed E-state index contributed by atoms with van der Waals surface area (Å²) in [6, 6.07) is 10.3. The number of hydrogen-bond acceptors (Lipinski definition) is 4. The van der Waals surface area contributed by atoms with Crippen LogP contribution in [0.25, 0.3) is 11.1 Å². The molecule has 4 rings (SSSR count). The second-order valence-electron chi connectivity index (χ2n) is 6.98. The van der Waals surface area contributed by atoms with Crippen LogP contribution in [0.15, 0.2) is 42.7 Å². The fourth-order valence-corrected chi connectivity index (χ4v) is 3.60. The zero-order chi connectivity index (χ0) is 19.0. The molecule has 1 N–H and O–H groups in total. The highest BCUT2D eigenvalue weighted by Gasteiger charge is 2.25. The summed E-state index contributed by atoms with van der Waals surface area (Å²) in [6.07, 6.45) is 4.53. The molecule has 3 heterocycles. The first-order valence-electron chi connectivity index (χ1n) is 9.11.